The Bertz CT molecular complexity index is 759. The number of halogens is 1. The molecule has 0 aliphatic heterocycles. The largest absolute Gasteiger partial charge is 0.482 e. The van der Waals surface area contributed by atoms with Crippen LogP contribution in [0.15, 0.2) is 53.0 Å². The Morgan fingerprint density at radius 2 is 1.69 bits per heavy atom. The van der Waals surface area contributed by atoms with E-state index >= 15 is 0 Å². The Morgan fingerprint density at radius 1 is 1.04 bits per heavy atom. The zero-order valence-electron chi connectivity index (χ0n) is 15.0. The number of hydrogen-bond acceptors (Lipinski definition) is 4. The summed E-state index contributed by atoms with van der Waals surface area (Å²) in [5.41, 5.74) is 1.64. The first-order valence-electron chi connectivity index (χ1n) is 8.34. The van der Waals surface area contributed by atoms with Crippen LogP contribution in [-0.2, 0) is 14.3 Å². The number of para-hydroxylation sites is 1. The maximum atomic E-state index is 12.1. The minimum atomic E-state index is -0.921. The molecule has 2 aromatic carbocycles. The maximum Gasteiger partial charge on any atom is 0.344 e. The smallest absolute Gasteiger partial charge is 0.344 e. The molecule has 0 aromatic heterocycles. The van der Waals surface area contributed by atoms with E-state index in [2.05, 4.69) is 35.1 Å². The highest BCUT2D eigenvalue weighted by Crippen LogP contribution is 2.25. The summed E-state index contributed by atoms with van der Waals surface area (Å²) in [6.45, 7) is 5.37. The molecule has 1 amide bonds. The van der Waals surface area contributed by atoms with E-state index in [1.54, 1.807) is 12.1 Å². The van der Waals surface area contributed by atoms with E-state index in [1.807, 2.05) is 36.4 Å². The van der Waals surface area contributed by atoms with E-state index < -0.39 is 18.0 Å². The SMILES string of the molecule is CC(C)c1ccccc1OCC(=O)O[C@H](C)C(=O)Nc1ccc(Br)cc1. The topological polar surface area (TPSA) is 64.6 Å². The van der Waals surface area contributed by atoms with Crippen molar-refractivity contribution >= 4 is 33.5 Å². The summed E-state index contributed by atoms with van der Waals surface area (Å²) in [6.07, 6.45) is -0.921. The molecule has 138 valence electrons. The number of rotatable bonds is 7. The fourth-order valence-electron chi connectivity index (χ4n) is 2.29. The molecule has 0 radical (unpaired) electrons. The van der Waals surface area contributed by atoms with E-state index in [9.17, 15) is 9.59 Å². The van der Waals surface area contributed by atoms with Crippen molar-refractivity contribution in [2.45, 2.75) is 32.8 Å². The van der Waals surface area contributed by atoms with E-state index in [1.165, 1.54) is 6.92 Å². The quantitative estimate of drug-likeness (QED) is 0.669. The normalized spacial score (nSPS) is 11.7. The third kappa shape index (κ3) is 5.88. The van der Waals surface area contributed by atoms with Gasteiger partial charge in [-0.1, -0.05) is 48.0 Å². The summed E-state index contributed by atoms with van der Waals surface area (Å²) >= 11 is 3.33. The Morgan fingerprint density at radius 3 is 2.35 bits per heavy atom. The second-order valence-corrected chi connectivity index (χ2v) is 7.03. The van der Waals surface area contributed by atoms with Crippen LogP contribution < -0.4 is 10.1 Å². The molecule has 0 saturated carbocycles. The molecule has 0 unspecified atom stereocenters. The number of benzene rings is 2. The summed E-state index contributed by atoms with van der Waals surface area (Å²) in [6, 6.07) is 14.7. The zero-order valence-corrected chi connectivity index (χ0v) is 16.6. The van der Waals surface area contributed by atoms with Gasteiger partial charge in [-0.3, -0.25) is 4.79 Å². The Hall–Kier alpha value is -2.34. The lowest BCUT2D eigenvalue weighted by molar-refractivity contribution is -0.155. The highest BCUT2D eigenvalue weighted by atomic mass is 79.9. The number of hydrogen-bond donors (Lipinski definition) is 1. The van der Waals surface area contributed by atoms with Crippen molar-refractivity contribution in [1.29, 1.82) is 0 Å². The highest BCUT2D eigenvalue weighted by molar-refractivity contribution is 9.10. The van der Waals surface area contributed by atoms with Crippen molar-refractivity contribution in [2.24, 2.45) is 0 Å². The minimum absolute atomic E-state index is 0.250. The molecule has 0 aliphatic carbocycles. The Balaban J connectivity index is 1.85. The molecule has 0 fully saturated rings. The predicted octanol–water partition coefficient (Wildman–Crippen LogP) is 4.52. The second-order valence-electron chi connectivity index (χ2n) is 6.11. The lowest BCUT2D eigenvalue weighted by Gasteiger charge is -2.16. The molecule has 1 N–H and O–H groups in total. The molecule has 1 atom stereocenters. The minimum Gasteiger partial charge on any atom is -0.482 e. The van der Waals surface area contributed by atoms with Gasteiger partial charge in [-0.05, 0) is 48.7 Å². The molecule has 0 spiro atoms. The molecule has 5 nitrogen and oxygen atoms in total. The first-order chi connectivity index (χ1) is 12.4. The molecule has 6 heteroatoms. The molecule has 2 rings (SSSR count). The van der Waals surface area contributed by atoms with Gasteiger partial charge >= 0.3 is 5.97 Å². The number of nitrogens with one attached hydrogen (secondary N) is 1. The summed E-state index contributed by atoms with van der Waals surface area (Å²) < 4.78 is 11.6. The molecular formula is C20H22BrNO4. The van der Waals surface area contributed by atoms with Crippen molar-refractivity contribution in [2.75, 3.05) is 11.9 Å². The molecule has 0 heterocycles. The van der Waals surface area contributed by atoms with E-state index in [-0.39, 0.29) is 12.5 Å². The number of carbonyl (C=O) groups excluding carboxylic acids is 2. The molecule has 0 saturated heterocycles. The van der Waals surface area contributed by atoms with Gasteiger partial charge in [-0.15, -0.1) is 0 Å². The van der Waals surface area contributed by atoms with Crippen molar-refractivity contribution in [3.05, 3.63) is 58.6 Å². The first kappa shape index (κ1) is 20.0. The van der Waals surface area contributed by atoms with Crippen LogP contribution in [0.2, 0.25) is 0 Å². The van der Waals surface area contributed by atoms with Crippen LogP contribution in [-0.4, -0.2) is 24.6 Å². The van der Waals surface area contributed by atoms with Gasteiger partial charge in [0.25, 0.3) is 5.91 Å². The van der Waals surface area contributed by atoms with Gasteiger partial charge in [-0.25, -0.2) is 4.79 Å². The number of amides is 1. The second kappa shape index (κ2) is 9.38. The number of anilines is 1. The molecule has 0 bridgehead atoms. The molecule has 2 aromatic rings. The summed E-state index contributed by atoms with van der Waals surface area (Å²) in [5, 5.41) is 2.69. The van der Waals surface area contributed by atoms with Crippen molar-refractivity contribution < 1.29 is 19.1 Å². The Labute approximate surface area is 161 Å². The average molecular weight is 420 g/mol. The Kier molecular flexibility index (Phi) is 7.21. The van der Waals surface area contributed by atoms with Gasteiger partial charge in [0, 0.05) is 10.2 Å². The highest BCUT2D eigenvalue weighted by Gasteiger charge is 2.19. The average Bonchev–Trinajstić information content (AvgIpc) is 2.62. The van der Waals surface area contributed by atoms with Gasteiger partial charge in [0.2, 0.25) is 0 Å². The van der Waals surface area contributed by atoms with Crippen LogP contribution in [0.4, 0.5) is 5.69 Å². The van der Waals surface area contributed by atoms with Gasteiger partial charge in [-0.2, -0.15) is 0 Å². The van der Waals surface area contributed by atoms with E-state index in [0.29, 0.717) is 11.4 Å². The lowest BCUT2D eigenvalue weighted by Crippen LogP contribution is -2.31. The van der Waals surface area contributed by atoms with E-state index in [0.717, 1.165) is 10.0 Å². The van der Waals surface area contributed by atoms with Crippen LogP contribution in [0.25, 0.3) is 0 Å². The predicted molar refractivity (Wildman–Crippen MR) is 104 cm³/mol. The summed E-state index contributed by atoms with van der Waals surface area (Å²) in [5.74, 6) is -0.0745. The standard InChI is InChI=1S/C20H22BrNO4/c1-13(2)17-6-4-5-7-18(17)25-12-19(23)26-14(3)20(24)22-16-10-8-15(21)9-11-16/h4-11,13-14H,12H2,1-3H3,(H,22,24)/t14-/m1/s1. The van der Waals surface area contributed by atoms with Crippen molar-refractivity contribution in [3.8, 4) is 5.75 Å². The number of carbonyl (C=O) groups is 2. The van der Waals surface area contributed by atoms with Crippen LogP contribution in [0.1, 0.15) is 32.3 Å². The number of esters is 1. The third-order valence-electron chi connectivity index (χ3n) is 3.68. The van der Waals surface area contributed by atoms with Crippen molar-refractivity contribution in [1.82, 2.24) is 0 Å². The van der Waals surface area contributed by atoms with Gasteiger partial charge in [0.05, 0.1) is 0 Å². The lowest BCUT2D eigenvalue weighted by atomic mass is 10.0. The van der Waals surface area contributed by atoms with Crippen LogP contribution in [0.5, 0.6) is 5.75 Å². The molecule has 26 heavy (non-hydrogen) atoms. The van der Waals surface area contributed by atoms with Gasteiger partial charge in [0.1, 0.15) is 5.75 Å². The van der Waals surface area contributed by atoms with Gasteiger partial charge in [0.15, 0.2) is 12.7 Å². The zero-order chi connectivity index (χ0) is 19.1. The number of ether oxygens (including phenoxy) is 2. The monoisotopic (exact) mass is 419 g/mol. The van der Waals surface area contributed by atoms with Gasteiger partial charge < -0.3 is 14.8 Å². The van der Waals surface area contributed by atoms with Crippen LogP contribution >= 0.6 is 15.9 Å². The fourth-order valence-corrected chi connectivity index (χ4v) is 2.55. The molecule has 0 aliphatic rings. The first-order valence-corrected chi connectivity index (χ1v) is 9.13. The fraction of sp³-hybridized carbons (Fsp3) is 0.300. The molecular weight excluding hydrogens is 398 g/mol. The third-order valence-corrected chi connectivity index (χ3v) is 4.20. The maximum absolute atomic E-state index is 12.1. The summed E-state index contributed by atoms with van der Waals surface area (Å²) in [7, 11) is 0. The van der Waals surface area contributed by atoms with Crippen molar-refractivity contribution in [3.63, 3.8) is 0 Å². The van der Waals surface area contributed by atoms with Crippen LogP contribution in [0.3, 0.4) is 0 Å². The summed E-state index contributed by atoms with van der Waals surface area (Å²) in [4.78, 5) is 24.1. The van der Waals surface area contributed by atoms with Crippen LogP contribution in [0, 0.1) is 0 Å². The van der Waals surface area contributed by atoms with E-state index in [4.69, 9.17) is 9.47 Å².